The molecule has 0 aromatic heterocycles. The molecular weight excluding hydrogens is 266 g/mol. The predicted octanol–water partition coefficient (Wildman–Crippen LogP) is 3.59. The first-order valence-corrected chi connectivity index (χ1v) is 8.00. The Morgan fingerprint density at radius 2 is 1.52 bits per heavy atom. The van der Waals surface area contributed by atoms with Crippen LogP contribution >= 0.6 is 0 Å². The van der Waals surface area contributed by atoms with E-state index in [1.54, 1.807) is 0 Å². The molecule has 0 aromatic rings. The molecule has 0 unspecified atom stereocenters. The van der Waals surface area contributed by atoms with E-state index in [0.717, 1.165) is 0 Å². The molecule has 0 aromatic carbocycles. The van der Waals surface area contributed by atoms with E-state index in [-0.39, 0.29) is 17.8 Å². The van der Waals surface area contributed by atoms with Crippen LogP contribution in [-0.2, 0) is 14.3 Å². The standard InChI is InChI=1S/C15H29NO3.C2H6/c1-8-12(17)14(4,5)15(6,7)13(18)16-9-10-19-11(2)3;1-2/h11H,8-10H2,1-7H3,(H,16,18);1-2H3. The van der Waals surface area contributed by atoms with Crippen molar-refractivity contribution in [3.63, 3.8) is 0 Å². The van der Waals surface area contributed by atoms with Gasteiger partial charge in [0.1, 0.15) is 5.78 Å². The highest BCUT2D eigenvalue weighted by Gasteiger charge is 2.46. The number of nitrogens with one attached hydrogen (secondary N) is 1. The minimum absolute atomic E-state index is 0.103. The molecule has 0 saturated heterocycles. The molecule has 1 N–H and O–H groups in total. The lowest BCUT2D eigenvalue weighted by atomic mass is 9.64. The third kappa shape index (κ3) is 6.60. The van der Waals surface area contributed by atoms with Gasteiger partial charge in [0.25, 0.3) is 0 Å². The molecule has 0 bridgehead atoms. The number of ketones is 1. The van der Waals surface area contributed by atoms with Crippen LogP contribution in [-0.4, -0.2) is 30.9 Å². The van der Waals surface area contributed by atoms with Crippen LogP contribution in [0, 0.1) is 10.8 Å². The summed E-state index contributed by atoms with van der Waals surface area (Å²) in [5, 5.41) is 2.85. The lowest BCUT2D eigenvalue weighted by molar-refractivity contribution is -0.145. The summed E-state index contributed by atoms with van der Waals surface area (Å²) in [6.45, 7) is 18.0. The van der Waals surface area contributed by atoms with Gasteiger partial charge in [0.2, 0.25) is 5.91 Å². The first-order chi connectivity index (χ1) is 9.57. The van der Waals surface area contributed by atoms with Crippen molar-refractivity contribution in [1.82, 2.24) is 5.32 Å². The Hall–Kier alpha value is -0.900. The van der Waals surface area contributed by atoms with Crippen molar-refractivity contribution in [1.29, 1.82) is 0 Å². The van der Waals surface area contributed by atoms with Gasteiger partial charge in [-0.15, -0.1) is 0 Å². The molecule has 0 heterocycles. The molecule has 126 valence electrons. The van der Waals surface area contributed by atoms with Gasteiger partial charge in [0.05, 0.1) is 18.1 Å². The molecule has 0 rings (SSSR count). The Bertz CT molecular complexity index is 320. The second-order valence-electron chi connectivity index (χ2n) is 6.20. The minimum atomic E-state index is -0.738. The largest absolute Gasteiger partial charge is 0.377 e. The first-order valence-electron chi connectivity index (χ1n) is 8.00. The molecule has 1 amide bonds. The number of rotatable bonds is 8. The first kappa shape index (κ1) is 22.4. The Morgan fingerprint density at radius 1 is 1.05 bits per heavy atom. The van der Waals surface area contributed by atoms with Crippen LogP contribution in [0.25, 0.3) is 0 Å². The summed E-state index contributed by atoms with van der Waals surface area (Å²) >= 11 is 0. The van der Waals surface area contributed by atoms with Gasteiger partial charge < -0.3 is 10.1 Å². The van der Waals surface area contributed by atoms with Crippen LogP contribution in [0.4, 0.5) is 0 Å². The molecular formula is C17H35NO3. The number of carbonyl (C=O) groups is 2. The maximum absolute atomic E-state index is 12.3. The Morgan fingerprint density at radius 3 is 1.90 bits per heavy atom. The molecule has 0 radical (unpaired) electrons. The zero-order valence-electron chi connectivity index (χ0n) is 15.4. The van der Waals surface area contributed by atoms with Crippen molar-refractivity contribution < 1.29 is 14.3 Å². The van der Waals surface area contributed by atoms with Crippen LogP contribution < -0.4 is 5.32 Å². The quantitative estimate of drug-likeness (QED) is 0.697. The normalized spacial score (nSPS) is 11.7. The molecule has 0 aliphatic carbocycles. The van der Waals surface area contributed by atoms with Crippen LogP contribution in [0.1, 0.15) is 68.7 Å². The minimum Gasteiger partial charge on any atom is -0.377 e. The van der Waals surface area contributed by atoms with Gasteiger partial charge in [-0.05, 0) is 13.8 Å². The molecule has 4 heteroatoms. The maximum Gasteiger partial charge on any atom is 0.226 e. The topological polar surface area (TPSA) is 55.4 Å². The van der Waals surface area contributed by atoms with E-state index in [2.05, 4.69) is 5.32 Å². The Labute approximate surface area is 131 Å². The van der Waals surface area contributed by atoms with Gasteiger partial charge in [0, 0.05) is 18.4 Å². The number of Topliss-reactive ketones (excluding diaryl/α,β-unsaturated/α-hetero) is 1. The van der Waals surface area contributed by atoms with Crippen LogP contribution in [0.15, 0.2) is 0 Å². The van der Waals surface area contributed by atoms with Crippen molar-refractivity contribution in [3.8, 4) is 0 Å². The van der Waals surface area contributed by atoms with E-state index in [0.29, 0.717) is 19.6 Å². The third-order valence-electron chi connectivity index (χ3n) is 3.99. The van der Waals surface area contributed by atoms with Crippen LogP contribution in [0.5, 0.6) is 0 Å². The van der Waals surface area contributed by atoms with Crippen LogP contribution in [0.3, 0.4) is 0 Å². The summed E-state index contributed by atoms with van der Waals surface area (Å²) in [5.74, 6) is -0.00210. The summed E-state index contributed by atoms with van der Waals surface area (Å²) in [5.41, 5.74) is -1.41. The number of hydrogen-bond donors (Lipinski definition) is 1. The maximum atomic E-state index is 12.3. The van der Waals surface area contributed by atoms with Crippen molar-refractivity contribution in [3.05, 3.63) is 0 Å². The second-order valence-corrected chi connectivity index (χ2v) is 6.20. The lowest BCUT2D eigenvalue weighted by Crippen LogP contribution is -2.50. The highest BCUT2D eigenvalue weighted by atomic mass is 16.5. The average molecular weight is 301 g/mol. The molecule has 0 aliphatic heterocycles. The van der Waals surface area contributed by atoms with Crippen molar-refractivity contribution in [2.24, 2.45) is 10.8 Å². The van der Waals surface area contributed by atoms with E-state index in [9.17, 15) is 9.59 Å². The second kappa shape index (κ2) is 9.93. The highest BCUT2D eigenvalue weighted by Crippen LogP contribution is 2.40. The Kier molecular flexibility index (Phi) is 10.6. The van der Waals surface area contributed by atoms with Gasteiger partial charge in [-0.25, -0.2) is 0 Å². The summed E-state index contributed by atoms with van der Waals surface area (Å²) in [6.07, 6.45) is 0.600. The van der Waals surface area contributed by atoms with Gasteiger partial charge in [-0.1, -0.05) is 48.5 Å². The van der Waals surface area contributed by atoms with Crippen molar-refractivity contribution >= 4 is 11.7 Å². The fourth-order valence-corrected chi connectivity index (χ4v) is 1.75. The zero-order valence-corrected chi connectivity index (χ0v) is 15.4. The number of ether oxygens (including phenoxy) is 1. The zero-order chi connectivity index (χ0) is 17.3. The third-order valence-corrected chi connectivity index (χ3v) is 3.99. The van der Waals surface area contributed by atoms with E-state index in [1.165, 1.54) is 0 Å². The predicted molar refractivity (Wildman–Crippen MR) is 88.3 cm³/mol. The number of carbonyl (C=O) groups excluding carboxylic acids is 2. The lowest BCUT2D eigenvalue weighted by Gasteiger charge is -2.38. The smallest absolute Gasteiger partial charge is 0.226 e. The summed E-state index contributed by atoms with van der Waals surface area (Å²) in [6, 6.07) is 0. The molecule has 4 nitrogen and oxygen atoms in total. The molecule has 0 aliphatic rings. The highest BCUT2D eigenvalue weighted by molar-refractivity contribution is 5.93. The van der Waals surface area contributed by atoms with Crippen molar-refractivity contribution in [2.75, 3.05) is 13.2 Å². The van der Waals surface area contributed by atoms with Gasteiger partial charge in [-0.3, -0.25) is 9.59 Å². The van der Waals surface area contributed by atoms with Gasteiger partial charge in [0.15, 0.2) is 0 Å². The monoisotopic (exact) mass is 301 g/mol. The van der Waals surface area contributed by atoms with Crippen molar-refractivity contribution in [2.45, 2.75) is 74.8 Å². The Balaban J connectivity index is 0. The number of amides is 1. The SMILES string of the molecule is CC.CCC(=O)C(C)(C)C(C)(C)C(=O)NCCOC(C)C. The summed E-state index contributed by atoms with van der Waals surface area (Å²) in [7, 11) is 0. The summed E-state index contributed by atoms with van der Waals surface area (Å²) in [4.78, 5) is 24.3. The van der Waals surface area contributed by atoms with E-state index in [4.69, 9.17) is 4.74 Å². The molecule has 21 heavy (non-hydrogen) atoms. The fourth-order valence-electron chi connectivity index (χ4n) is 1.75. The molecule has 0 atom stereocenters. The van der Waals surface area contributed by atoms with Crippen LogP contribution in [0.2, 0.25) is 0 Å². The average Bonchev–Trinajstić information content (AvgIpc) is 2.43. The molecule has 0 fully saturated rings. The van der Waals surface area contributed by atoms with E-state index in [1.807, 2.05) is 62.3 Å². The molecule has 0 spiro atoms. The summed E-state index contributed by atoms with van der Waals surface area (Å²) < 4.78 is 5.38. The molecule has 0 saturated carbocycles. The van der Waals surface area contributed by atoms with Gasteiger partial charge in [-0.2, -0.15) is 0 Å². The number of hydrogen-bond acceptors (Lipinski definition) is 3. The fraction of sp³-hybridized carbons (Fsp3) is 0.882. The van der Waals surface area contributed by atoms with E-state index < -0.39 is 10.8 Å². The van der Waals surface area contributed by atoms with E-state index >= 15 is 0 Å². The van der Waals surface area contributed by atoms with Gasteiger partial charge >= 0.3 is 0 Å².